The van der Waals surface area contributed by atoms with E-state index in [2.05, 4.69) is 20.8 Å². The molecule has 4 aromatic carbocycles. The van der Waals surface area contributed by atoms with E-state index in [0.717, 1.165) is 57.0 Å². The Labute approximate surface area is 232 Å². The second-order valence-corrected chi connectivity index (χ2v) is 9.40. The fraction of sp³-hybridized carbons (Fsp3) is 0.0968. The summed E-state index contributed by atoms with van der Waals surface area (Å²) in [6.45, 7) is 0.733. The molecule has 5 aromatic rings. The fourth-order valence-corrected chi connectivity index (χ4v) is 4.47. The van der Waals surface area contributed by atoms with Crippen LogP contribution in [-0.4, -0.2) is 22.9 Å². The van der Waals surface area contributed by atoms with Crippen molar-refractivity contribution >= 4 is 40.3 Å². The van der Waals surface area contributed by atoms with Gasteiger partial charge >= 0.3 is 6.18 Å². The first-order valence-corrected chi connectivity index (χ1v) is 12.7. The maximum atomic E-state index is 13.0. The van der Waals surface area contributed by atoms with E-state index in [1.165, 1.54) is 12.1 Å². The highest BCUT2D eigenvalue weighted by Gasteiger charge is 2.30. The molecule has 0 saturated carbocycles. The summed E-state index contributed by atoms with van der Waals surface area (Å²) < 4.78 is 49.8. The highest BCUT2D eigenvalue weighted by molar-refractivity contribution is 6.04. The average Bonchev–Trinajstić information content (AvgIpc) is 3.61. The van der Waals surface area contributed by atoms with Gasteiger partial charge in [0, 0.05) is 28.9 Å². The van der Waals surface area contributed by atoms with E-state index in [-0.39, 0.29) is 12.4 Å². The number of ether oxygens (including phenoxy) is 2. The smallest absolute Gasteiger partial charge is 0.416 e. The molecule has 10 heteroatoms. The van der Waals surface area contributed by atoms with Crippen molar-refractivity contribution in [1.82, 2.24) is 10.2 Å². The number of rotatable bonds is 7. The summed E-state index contributed by atoms with van der Waals surface area (Å²) in [5, 5.41) is 14.5. The van der Waals surface area contributed by atoms with Crippen LogP contribution >= 0.6 is 0 Å². The van der Waals surface area contributed by atoms with Gasteiger partial charge < -0.3 is 20.1 Å². The molecule has 0 saturated heterocycles. The number of hydrogen-bond donors (Lipinski definition) is 3. The fourth-order valence-electron chi connectivity index (χ4n) is 4.47. The molecule has 0 atom stereocenters. The van der Waals surface area contributed by atoms with Crippen LogP contribution in [0.2, 0.25) is 0 Å². The van der Waals surface area contributed by atoms with Gasteiger partial charge in [-0.25, -0.2) is 0 Å². The molecular weight excluding hydrogens is 533 g/mol. The Morgan fingerprint density at radius 3 is 2.61 bits per heavy atom. The van der Waals surface area contributed by atoms with Gasteiger partial charge in [-0.2, -0.15) is 18.3 Å². The van der Waals surface area contributed by atoms with Crippen molar-refractivity contribution in [3.8, 4) is 11.5 Å². The zero-order valence-electron chi connectivity index (χ0n) is 21.5. The van der Waals surface area contributed by atoms with Gasteiger partial charge in [-0.3, -0.25) is 9.89 Å². The highest BCUT2D eigenvalue weighted by atomic mass is 19.4. The zero-order valence-corrected chi connectivity index (χ0v) is 21.5. The lowest BCUT2D eigenvalue weighted by atomic mass is 10.1. The van der Waals surface area contributed by atoms with Crippen LogP contribution in [-0.2, 0) is 12.7 Å². The highest BCUT2D eigenvalue weighted by Crippen LogP contribution is 2.33. The molecule has 0 radical (unpaired) electrons. The maximum absolute atomic E-state index is 13.0. The predicted octanol–water partition coefficient (Wildman–Crippen LogP) is 7.35. The number of anilines is 2. The molecule has 0 fully saturated rings. The summed E-state index contributed by atoms with van der Waals surface area (Å²) in [7, 11) is 0. The minimum Gasteiger partial charge on any atom is -0.454 e. The van der Waals surface area contributed by atoms with Crippen molar-refractivity contribution in [2.24, 2.45) is 0 Å². The number of benzene rings is 4. The van der Waals surface area contributed by atoms with Gasteiger partial charge in [0.15, 0.2) is 11.5 Å². The number of hydrogen-bond acceptors (Lipinski definition) is 5. The van der Waals surface area contributed by atoms with Crippen molar-refractivity contribution in [2.75, 3.05) is 17.4 Å². The van der Waals surface area contributed by atoms with E-state index in [0.29, 0.717) is 12.2 Å². The number of alkyl halides is 3. The Morgan fingerprint density at radius 2 is 1.73 bits per heavy atom. The molecule has 0 aliphatic carbocycles. The minimum absolute atomic E-state index is 0.0730. The third-order valence-electron chi connectivity index (χ3n) is 6.56. The van der Waals surface area contributed by atoms with Crippen molar-refractivity contribution in [3.05, 3.63) is 113 Å². The summed E-state index contributed by atoms with van der Waals surface area (Å²) in [6.07, 6.45) is -0.620. The Morgan fingerprint density at radius 1 is 0.902 bits per heavy atom. The van der Waals surface area contributed by atoms with Crippen LogP contribution in [0.3, 0.4) is 0 Å². The second-order valence-electron chi connectivity index (χ2n) is 9.40. The van der Waals surface area contributed by atoms with E-state index in [4.69, 9.17) is 9.47 Å². The number of aromatic amines is 1. The predicted molar refractivity (Wildman–Crippen MR) is 151 cm³/mol. The number of carbonyl (C=O) groups is 1. The van der Waals surface area contributed by atoms with Gasteiger partial charge in [0.25, 0.3) is 5.91 Å². The number of aromatic nitrogens is 2. The van der Waals surface area contributed by atoms with E-state index in [1.54, 1.807) is 18.2 Å². The van der Waals surface area contributed by atoms with Crippen LogP contribution < -0.4 is 20.1 Å². The summed E-state index contributed by atoms with van der Waals surface area (Å²) in [5.41, 5.74) is 3.92. The Hall–Kier alpha value is -5.25. The maximum Gasteiger partial charge on any atom is 0.416 e. The largest absolute Gasteiger partial charge is 0.454 e. The monoisotopic (exact) mass is 556 g/mol. The molecule has 1 amide bonds. The molecule has 1 aromatic heterocycles. The van der Waals surface area contributed by atoms with Crippen LogP contribution in [0.4, 0.5) is 24.5 Å². The molecule has 206 valence electrons. The molecule has 3 N–H and O–H groups in total. The normalized spacial score (nSPS) is 12.7. The molecule has 41 heavy (non-hydrogen) atoms. The van der Waals surface area contributed by atoms with Crippen LogP contribution in [0.15, 0.2) is 84.9 Å². The second kappa shape index (κ2) is 10.7. The van der Waals surface area contributed by atoms with E-state index in [1.807, 2.05) is 54.6 Å². The summed E-state index contributed by atoms with van der Waals surface area (Å²) in [4.78, 5) is 12.6. The first-order chi connectivity index (χ1) is 19.8. The first-order valence-electron chi connectivity index (χ1n) is 12.7. The molecule has 2 heterocycles. The van der Waals surface area contributed by atoms with Gasteiger partial charge in [-0.15, -0.1) is 0 Å². The van der Waals surface area contributed by atoms with Crippen LogP contribution in [0.25, 0.3) is 23.1 Å². The van der Waals surface area contributed by atoms with Crippen LogP contribution in [0.5, 0.6) is 11.5 Å². The molecule has 1 aliphatic heterocycles. The van der Waals surface area contributed by atoms with E-state index in [9.17, 15) is 18.0 Å². The van der Waals surface area contributed by atoms with E-state index >= 15 is 0 Å². The minimum atomic E-state index is -4.52. The molecule has 6 rings (SSSR count). The first kappa shape index (κ1) is 26.0. The lowest BCUT2D eigenvalue weighted by molar-refractivity contribution is -0.137. The van der Waals surface area contributed by atoms with Crippen molar-refractivity contribution in [1.29, 1.82) is 0 Å². The number of H-pyrrole nitrogens is 1. The number of amides is 1. The molecule has 7 nitrogen and oxygen atoms in total. The number of nitrogens with one attached hydrogen (secondary N) is 3. The van der Waals surface area contributed by atoms with Gasteiger partial charge in [0.05, 0.1) is 16.8 Å². The Kier molecular flexibility index (Phi) is 6.80. The number of carbonyl (C=O) groups excluding carboxylic acids is 1. The van der Waals surface area contributed by atoms with Crippen molar-refractivity contribution < 1.29 is 27.4 Å². The number of fused-ring (bicyclic) bond motifs is 2. The lowest BCUT2D eigenvalue weighted by Crippen LogP contribution is -2.14. The third-order valence-corrected chi connectivity index (χ3v) is 6.56. The number of halogens is 3. The van der Waals surface area contributed by atoms with Crippen LogP contribution in [0, 0.1) is 0 Å². The van der Waals surface area contributed by atoms with Gasteiger partial charge in [-0.1, -0.05) is 36.4 Å². The third kappa shape index (κ3) is 5.86. The molecule has 1 aliphatic rings. The Balaban J connectivity index is 1.10. The molecule has 0 spiro atoms. The van der Waals surface area contributed by atoms with Crippen molar-refractivity contribution in [3.63, 3.8) is 0 Å². The van der Waals surface area contributed by atoms with E-state index < -0.39 is 17.6 Å². The quantitative estimate of drug-likeness (QED) is 0.195. The van der Waals surface area contributed by atoms with Gasteiger partial charge in [-0.05, 0) is 71.8 Å². The average molecular weight is 557 g/mol. The van der Waals surface area contributed by atoms with Gasteiger partial charge in [0.1, 0.15) is 0 Å². The lowest BCUT2D eigenvalue weighted by Gasteiger charge is -2.11. The topological polar surface area (TPSA) is 88.3 Å². The SMILES string of the molecule is O=C(Nc1cccc(NCc2ccc3c(C=Cc4ccc5c(c4)OCO5)n[nH]c3c2)c1)c1cccc(C(F)(F)F)c1. The summed E-state index contributed by atoms with van der Waals surface area (Å²) in [5.74, 6) is 0.835. The van der Waals surface area contributed by atoms with Crippen LogP contribution in [0.1, 0.15) is 32.7 Å². The molecule has 0 unspecified atom stereocenters. The summed E-state index contributed by atoms with van der Waals surface area (Å²) in [6, 6.07) is 23.1. The van der Waals surface area contributed by atoms with Crippen molar-refractivity contribution in [2.45, 2.75) is 12.7 Å². The Bertz CT molecular complexity index is 1780. The standard InChI is InChI=1S/C31H23F3N4O3/c32-31(33,34)22-4-1-3-21(15-22)30(39)36-24-6-2-5-23(16-24)35-17-20-7-10-25-26(37-38-27(25)13-20)11-8-19-9-12-28-29(14-19)41-18-40-28/h1-16,35H,17-18H2,(H,36,39)(H,37,38). The van der Waals surface area contributed by atoms with Gasteiger partial charge in [0.2, 0.25) is 6.79 Å². The molecule has 0 bridgehead atoms. The molecular formula is C31H23F3N4O3. The number of nitrogens with zero attached hydrogens (tertiary/aromatic N) is 1. The zero-order chi connectivity index (χ0) is 28.4. The summed E-state index contributed by atoms with van der Waals surface area (Å²) >= 11 is 0.